The second-order valence-corrected chi connectivity index (χ2v) is 6.50. The molecule has 0 radical (unpaired) electrons. The van der Waals surface area contributed by atoms with E-state index in [1.807, 2.05) is 50.2 Å². The van der Waals surface area contributed by atoms with Gasteiger partial charge in [0.25, 0.3) is 5.91 Å². The minimum Gasteiger partial charge on any atom is -0.344 e. The highest BCUT2D eigenvalue weighted by Crippen LogP contribution is 2.07. The van der Waals surface area contributed by atoms with Gasteiger partial charge < -0.3 is 15.4 Å². The van der Waals surface area contributed by atoms with Gasteiger partial charge in [0.05, 0.1) is 6.04 Å². The molecule has 26 heavy (non-hydrogen) atoms. The molecule has 0 saturated heterocycles. The molecule has 2 aromatic carbocycles. The molecule has 1 unspecified atom stereocenters. The standard InChI is InChI=1S/C21H24N2O3/c1-15(2)19(23-20(25)17-11-7-4-8-12-17)21(26)22-18(14-24)13-16-9-5-3-6-10-16/h3-12,14-15,18-19H,13H2,1-2H3,(H,22,26)(H,23,25)/t18?,19-/m0/s1. The molecule has 2 amide bonds. The molecule has 2 N–H and O–H groups in total. The first-order chi connectivity index (χ1) is 12.5. The van der Waals surface area contributed by atoms with Crippen molar-refractivity contribution in [2.24, 2.45) is 5.92 Å². The van der Waals surface area contributed by atoms with Crippen molar-refractivity contribution in [1.29, 1.82) is 0 Å². The third-order valence-electron chi connectivity index (χ3n) is 4.06. The number of carbonyl (C=O) groups excluding carboxylic acids is 3. The highest BCUT2D eigenvalue weighted by atomic mass is 16.2. The molecule has 0 bridgehead atoms. The molecule has 0 fully saturated rings. The molecule has 2 aromatic rings. The molecule has 0 aliphatic carbocycles. The van der Waals surface area contributed by atoms with E-state index in [0.29, 0.717) is 12.0 Å². The normalized spacial score (nSPS) is 12.9. The van der Waals surface area contributed by atoms with Crippen molar-refractivity contribution in [3.8, 4) is 0 Å². The molecule has 0 aliphatic rings. The maximum absolute atomic E-state index is 12.6. The van der Waals surface area contributed by atoms with E-state index in [0.717, 1.165) is 11.8 Å². The molecule has 0 heterocycles. The number of benzene rings is 2. The van der Waals surface area contributed by atoms with E-state index in [9.17, 15) is 14.4 Å². The van der Waals surface area contributed by atoms with Crippen molar-refractivity contribution in [3.05, 3.63) is 71.8 Å². The average Bonchev–Trinajstić information content (AvgIpc) is 2.66. The first-order valence-electron chi connectivity index (χ1n) is 8.66. The van der Waals surface area contributed by atoms with Crippen LogP contribution in [0.2, 0.25) is 0 Å². The monoisotopic (exact) mass is 352 g/mol. The first-order valence-corrected chi connectivity index (χ1v) is 8.66. The van der Waals surface area contributed by atoms with E-state index in [4.69, 9.17) is 0 Å². The number of hydrogen-bond donors (Lipinski definition) is 2. The van der Waals surface area contributed by atoms with Gasteiger partial charge in [-0.05, 0) is 30.0 Å². The zero-order valence-electron chi connectivity index (χ0n) is 15.0. The summed E-state index contributed by atoms with van der Waals surface area (Å²) in [4.78, 5) is 36.4. The molecular formula is C21H24N2O3. The Morgan fingerprint density at radius 2 is 1.50 bits per heavy atom. The van der Waals surface area contributed by atoms with Crippen LogP contribution in [0.25, 0.3) is 0 Å². The van der Waals surface area contributed by atoms with E-state index >= 15 is 0 Å². The van der Waals surface area contributed by atoms with E-state index in [2.05, 4.69) is 10.6 Å². The zero-order chi connectivity index (χ0) is 18.9. The van der Waals surface area contributed by atoms with Gasteiger partial charge in [-0.1, -0.05) is 62.4 Å². The Morgan fingerprint density at radius 1 is 0.923 bits per heavy atom. The molecule has 0 aliphatic heterocycles. The maximum Gasteiger partial charge on any atom is 0.251 e. The fourth-order valence-corrected chi connectivity index (χ4v) is 2.62. The van der Waals surface area contributed by atoms with Crippen molar-refractivity contribution >= 4 is 18.1 Å². The first kappa shape index (κ1) is 19.4. The number of nitrogens with one attached hydrogen (secondary N) is 2. The smallest absolute Gasteiger partial charge is 0.251 e. The van der Waals surface area contributed by atoms with Gasteiger partial charge in [-0.25, -0.2) is 0 Å². The highest BCUT2D eigenvalue weighted by molar-refractivity contribution is 5.97. The zero-order valence-corrected chi connectivity index (χ0v) is 15.0. The Bertz CT molecular complexity index is 729. The van der Waals surface area contributed by atoms with Gasteiger partial charge in [-0.15, -0.1) is 0 Å². The van der Waals surface area contributed by atoms with E-state index in [-0.39, 0.29) is 17.7 Å². The second-order valence-electron chi connectivity index (χ2n) is 6.50. The topological polar surface area (TPSA) is 75.3 Å². The SMILES string of the molecule is CC(C)[C@H](NC(=O)c1ccccc1)C(=O)NC(C=O)Cc1ccccc1. The fourth-order valence-electron chi connectivity index (χ4n) is 2.62. The lowest BCUT2D eigenvalue weighted by atomic mass is 10.0. The van der Waals surface area contributed by atoms with Crippen molar-refractivity contribution in [2.75, 3.05) is 0 Å². The van der Waals surface area contributed by atoms with Crippen LogP contribution < -0.4 is 10.6 Å². The minimum absolute atomic E-state index is 0.119. The van der Waals surface area contributed by atoms with Crippen LogP contribution in [0, 0.1) is 5.92 Å². The van der Waals surface area contributed by atoms with Crippen LogP contribution in [0.1, 0.15) is 29.8 Å². The fraction of sp³-hybridized carbons (Fsp3) is 0.286. The summed E-state index contributed by atoms with van der Waals surface area (Å²) in [6, 6.07) is 16.8. The summed E-state index contributed by atoms with van der Waals surface area (Å²) in [6.45, 7) is 3.70. The lowest BCUT2D eigenvalue weighted by molar-refractivity contribution is -0.126. The highest BCUT2D eigenvalue weighted by Gasteiger charge is 2.26. The summed E-state index contributed by atoms with van der Waals surface area (Å²) < 4.78 is 0. The number of hydrogen-bond acceptors (Lipinski definition) is 3. The Kier molecular flexibility index (Phi) is 7.09. The molecule has 2 atom stereocenters. The van der Waals surface area contributed by atoms with Crippen molar-refractivity contribution in [2.45, 2.75) is 32.4 Å². The van der Waals surface area contributed by atoms with Gasteiger partial charge in [0.2, 0.25) is 5.91 Å². The minimum atomic E-state index is -0.721. The number of rotatable bonds is 8. The summed E-state index contributed by atoms with van der Waals surface area (Å²) in [5, 5.41) is 5.49. The Morgan fingerprint density at radius 3 is 2.04 bits per heavy atom. The van der Waals surface area contributed by atoms with Gasteiger partial charge in [0.15, 0.2) is 0 Å². The van der Waals surface area contributed by atoms with Crippen LogP contribution in [0.3, 0.4) is 0 Å². The van der Waals surface area contributed by atoms with Gasteiger partial charge >= 0.3 is 0 Å². The van der Waals surface area contributed by atoms with Crippen LogP contribution in [0.5, 0.6) is 0 Å². The predicted molar refractivity (Wildman–Crippen MR) is 101 cm³/mol. The summed E-state index contributed by atoms with van der Waals surface area (Å²) in [5.41, 5.74) is 1.45. The molecule has 2 rings (SSSR count). The van der Waals surface area contributed by atoms with Crippen LogP contribution >= 0.6 is 0 Å². The summed E-state index contributed by atoms with van der Waals surface area (Å²) in [7, 11) is 0. The third kappa shape index (κ3) is 5.55. The molecule has 5 nitrogen and oxygen atoms in total. The average molecular weight is 352 g/mol. The number of aldehydes is 1. The molecule has 0 aromatic heterocycles. The van der Waals surface area contributed by atoms with Gasteiger partial charge in [-0.2, -0.15) is 0 Å². The van der Waals surface area contributed by atoms with Crippen LogP contribution in [0.4, 0.5) is 0 Å². The lowest BCUT2D eigenvalue weighted by Gasteiger charge is -2.23. The third-order valence-corrected chi connectivity index (χ3v) is 4.06. The van der Waals surface area contributed by atoms with Gasteiger partial charge in [-0.3, -0.25) is 9.59 Å². The van der Waals surface area contributed by atoms with E-state index in [1.165, 1.54) is 0 Å². The summed E-state index contributed by atoms with van der Waals surface area (Å²) in [6.07, 6.45) is 1.13. The molecule has 0 saturated carbocycles. The summed E-state index contributed by atoms with van der Waals surface area (Å²) >= 11 is 0. The predicted octanol–water partition coefficient (Wildman–Crippen LogP) is 2.37. The Balaban J connectivity index is 2.02. The van der Waals surface area contributed by atoms with Crippen molar-refractivity contribution in [1.82, 2.24) is 10.6 Å². The molecular weight excluding hydrogens is 328 g/mol. The van der Waals surface area contributed by atoms with Crippen LogP contribution in [0.15, 0.2) is 60.7 Å². The van der Waals surface area contributed by atoms with Crippen molar-refractivity contribution in [3.63, 3.8) is 0 Å². The maximum atomic E-state index is 12.6. The summed E-state index contributed by atoms with van der Waals surface area (Å²) in [5.74, 6) is -0.797. The van der Waals surface area contributed by atoms with Gasteiger partial charge in [0, 0.05) is 5.56 Å². The van der Waals surface area contributed by atoms with Crippen LogP contribution in [-0.2, 0) is 16.0 Å². The Labute approximate surface area is 153 Å². The largest absolute Gasteiger partial charge is 0.344 e. The van der Waals surface area contributed by atoms with E-state index < -0.39 is 12.1 Å². The molecule has 5 heteroatoms. The number of carbonyl (C=O) groups is 3. The van der Waals surface area contributed by atoms with E-state index in [1.54, 1.807) is 24.3 Å². The lowest BCUT2D eigenvalue weighted by Crippen LogP contribution is -2.52. The second kappa shape index (κ2) is 9.51. The molecule has 136 valence electrons. The van der Waals surface area contributed by atoms with Gasteiger partial charge in [0.1, 0.15) is 12.3 Å². The molecule has 0 spiro atoms. The van der Waals surface area contributed by atoms with Crippen molar-refractivity contribution < 1.29 is 14.4 Å². The quantitative estimate of drug-likeness (QED) is 0.716. The number of amides is 2. The Hall–Kier alpha value is -2.95. The van der Waals surface area contributed by atoms with Crippen LogP contribution in [-0.4, -0.2) is 30.2 Å².